The van der Waals surface area contributed by atoms with Gasteiger partial charge in [-0.2, -0.15) is 0 Å². The van der Waals surface area contributed by atoms with Crippen molar-refractivity contribution in [3.8, 4) is 0 Å². The van der Waals surface area contributed by atoms with Gasteiger partial charge in [-0.3, -0.25) is 4.79 Å². The first-order valence-electron chi connectivity index (χ1n) is 3.33. The number of hydrogen-bond donors (Lipinski definition) is 1. The second-order valence-corrected chi connectivity index (χ2v) is 4.89. The first-order valence-corrected chi connectivity index (χ1v) is 5.48. The molecule has 0 atom stereocenters. The van der Waals surface area contributed by atoms with Crippen LogP contribution in [0.2, 0.25) is 0 Å². The summed E-state index contributed by atoms with van der Waals surface area (Å²) in [6.07, 6.45) is 0. The van der Waals surface area contributed by atoms with Gasteiger partial charge in [-0.05, 0) is 28.1 Å². The molecule has 2 nitrogen and oxygen atoms in total. The molecule has 1 rings (SSSR count). The zero-order chi connectivity index (χ0) is 8.97. The van der Waals surface area contributed by atoms with Crippen molar-refractivity contribution in [2.24, 2.45) is 0 Å². The molecule has 1 aromatic rings. The van der Waals surface area contributed by atoms with E-state index < -0.39 is 0 Å². The van der Waals surface area contributed by atoms with Gasteiger partial charge in [-0.1, -0.05) is 0 Å². The van der Waals surface area contributed by atoms with Gasteiger partial charge in [0.2, 0.25) is 0 Å². The van der Waals surface area contributed by atoms with Gasteiger partial charge >= 0.3 is 0 Å². The highest BCUT2D eigenvalue weighted by Gasteiger charge is 2.06. The van der Waals surface area contributed by atoms with Crippen LogP contribution in [0.1, 0.15) is 9.67 Å². The van der Waals surface area contributed by atoms with Crippen molar-refractivity contribution >= 4 is 44.8 Å². The molecule has 5 heteroatoms. The molecule has 12 heavy (non-hydrogen) atoms. The third-order valence-electron chi connectivity index (χ3n) is 1.18. The van der Waals surface area contributed by atoms with E-state index in [0.29, 0.717) is 17.3 Å². The Morgan fingerprint density at radius 2 is 2.42 bits per heavy atom. The Bertz CT molecular complexity index is 276. The number of rotatable bonds is 3. The second kappa shape index (κ2) is 4.84. The molecule has 0 aliphatic carbocycles. The molecule has 0 saturated carbocycles. The van der Waals surface area contributed by atoms with E-state index >= 15 is 0 Å². The number of carbonyl (C=O) groups excluding carboxylic acids is 1. The standard InChI is InChI=1S/C7H7BrClNOS/c8-6-2-1-5(12-6)7(11)10-4-3-9/h1-2H,3-4H2,(H,10,11). The lowest BCUT2D eigenvalue weighted by Gasteiger charge is -1.98. The van der Waals surface area contributed by atoms with Gasteiger partial charge in [0.25, 0.3) is 5.91 Å². The first kappa shape index (κ1) is 10.0. The van der Waals surface area contributed by atoms with Crippen LogP contribution >= 0.6 is 38.9 Å². The maximum absolute atomic E-state index is 11.2. The number of hydrogen-bond acceptors (Lipinski definition) is 2. The summed E-state index contributed by atoms with van der Waals surface area (Å²) in [5.74, 6) is 0.379. The summed E-state index contributed by atoms with van der Waals surface area (Å²) in [6, 6.07) is 3.62. The Balaban J connectivity index is 2.53. The van der Waals surface area contributed by atoms with Gasteiger partial charge in [0.15, 0.2) is 0 Å². The highest BCUT2D eigenvalue weighted by atomic mass is 79.9. The molecular weight excluding hydrogens is 262 g/mol. The summed E-state index contributed by atoms with van der Waals surface area (Å²) in [7, 11) is 0. The number of carbonyl (C=O) groups is 1. The van der Waals surface area contributed by atoms with Gasteiger partial charge < -0.3 is 5.32 Å². The zero-order valence-electron chi connectivity index (χ0n) is 6.14. The van der Waals surface area contributed by atoms with E-state index in [0.717, 1.165) is 3.79 Å². The number of amides is 1. The molecule has 1 aromatic heterocycles. The van der Waals surface area contributed by atoms with Crippen LogP contribution in [0.5, 0.6) is 0 Å². The molecule has 1 amide bonds. The summed E-state index contributed by atoms with van der Waals surface area (Å²) < 4.78 is 0.957. The number of halogens is 2. The molecule has 0 spiro atoms. The predicted octanol–water partition coefficient (Wildman–Crippen LogP) is 2.48. The fraction of sp³-hybridized carbons (Fsp3) is 0.286. The van der Waals surface area contributed by atoms with Gasteiger partial charge in [0.1, 0.15) is 0 Å². The van der Waals surface area contributed by atoms with Crippen LogP contribution in [0.15, 0.2) is 15.9 Å². The molecule has 0 bridgehead atoms. The topological polar surface area (TPSA) is 29.1 Å². The molecule has 1 N–H and O–H groups in total. The van der Waals surface area contributed by atoms with Crippen molar-refractivity contribution in [3.63, 3.8) is 0 Å². The Morgan fingerprint density at radius 1 is 1.67 bits per heavy atom. The average molecular weight is 269 g/mol. The second-order valence-electron chi connectivity index (χ2n) is 2.05. The first-order chi connectivity index (χ1) is 5.74. The third-order valence-corrected chi connectivity index (χ3v) is 2.99. The van der Waals surface area contributed by atoms with Crippen LogP contribution in [-0.2, 0) is 0 Å². The molecule has 0 aromatic carbocycles. The largest absolute Gasteiger partial charge is 0.350 e. The summed E-state index contributed by atoms with van der Waals surface area (Å²) in [5, 5.41) is 2.68. The zero-order valence-corrected chi connectivity index (χ0v) is 9.30. The lowest BCUT2D eigenvalue weighted by molar-refractivity contribution is 0.0960. The summed E-state index contributed by atoms with van der Waals surface area (Å²) in [4.78, 5) is 11.9. The van der Waals surface area contributed by atoms with Crippen molar-refractivity contribution in [2.45, 2.75) is 0 Å². The molecule has 0 aliphatic rings. The van der Waals surface area contributed by atoms with E-state index in [1.165, 1.54) is 11.3 Å². The lowest BCUT2D eigenvalue weighted by atomic mass is 10.4. The van der Waals surface area contributed by atoms with Crippen LogP contribution in [0.3, 0.4) is 0 Å². The molecule has 0 fully saturated rings. The maximum Gasteiger partial charge on any atom is 0.261 e. The number of alkyl halides is 1. The van der Waals surface area contributed by atoms with Crippen molar-refractivity contribution in [3.05, 3.63) is 20.8 Å². The predicted molar refractivity (Wildman–Crippen MR) is 55.1 cm³/mol. The van der Waals surface area contributed by atoms with Crippen molar-refractivity contribution in [2.75, 3.05) is 12.4 Å². The molecule has 0 unspecified atom stereocenters. The van der Waals surface area contributed by atoms with E-state index in [4.69, 9.17) is 11.6 Å². The van der Waals surface area contributed by atoms with E-state index in [9.17, 15) is 4.79 Å². The summed E-state index contributed by atoms with van der Waals surface area (Å²) in [6.45, 7) is 0.510. The Labute approximate surface area is 88.0 Å². The van der Waals surface area contributed by atoms with Crippen molar-refractivity contribution in [1.29, 1.82) is 0 Å². The fourth-order valence-corrected chi connectivity index (χ4v) is 2.08. The van der Waals surface area contributed by atoms with Crippen LogP contribution < -0.4 is 5.32 Å². The van der Waals surface area contributed by atoms with Gasteiger partial charge in [0.05, 0.1) is 8.66 Å². The summed E-state index contributed by atoms with van der Waals surface area (Å²) >= 11 is 10.1. The third kappa shape index (κ3) is 2.77. The molecule has 66 valence electrons. The van der Waals surface area contributed by atoms with Crippen LogP contribution in [0, 0.1) is 0 Å². The van der Waals surface area contributed by atoms with Gasteiger partial charge in [0, 0.05) is 12.4 Å². The summed E-state index contributed by atoms with van der Waals surface area (Å²) in [5.41, 5.74) is 0. The quantitative estimate of drug-likeness (QED) is 0.839. The van der Waals surface area contributed by atoms with Gasteiger partial charge in [-0.15, -0.1) is 22.9 Å². The number of nitrogens with one attached hydrogen (secondary N) is 1. The van der Waals surface area contributed by atoms with E-state index in [1.807, 2.05) is 6.07 Å². The SMILES string of the molecule is O=C(NCCCl)c1ccc(Br)s1. The highest BCUT2D eigenvalue weighted by Crippen LogP contribution is 2.21. The Hall–Kier alpha value is -0.0600. The molecule has 0 aliphatic heterocycles. The maximum atomic E-state index is 11.2. The van der Waals surface area contributed by atoms with Crippen molar-refractivity contribution in [1.82, 2.24) is 5.32 Å². The molecule has 1 heterocycles. The van der Waals surface area contributed by atoms with Crippen LogP contribution in [-0.4, -0.2) is 18.3 Å². The minimum Gasteiger partial charge on any atom is -0.350 e. The molecule has 0 saturated heterocycles. The molecular formula is C7H7BrClNOS. The van der Waals surface area contributed by atoms with E-state index in [-0.39, 0.29) is 5.91 Å². The van der Waals surface area contributed by atoms with Crippen molar-refractivity contribution < 1.29 is 4.79 Å². The minimum absolute atomic E-state index is 0.0636. The van der Waals surface area contributed by atoms with Crippen LogP contribution in [0.25, 0.3) is 0 Å². The normalized spacial score (nSPS) is 9.83. The minimum atomic E-state index is -0.0636. The monoisotopic (exact) mass is 267 g/mol. The van der Waals surface area contributed by atoms with E-state index in [2.05, 4.69) is 21.2 Å². The Kier molecular flexibility index (Phi) is 4.05. The van der Waals surface area contributed by atoms with E-state index in [1.54, 1.807) is 6.07 Å². The smallest absolute Gasteiger partial charge is 0.261 e. The number of thiophene rings is 1. The fourth-order valence-electron chi connectivity index (χ4n) is 0.684. The van der Waals surface area contributed by atoms with Gasteiger partial charge in [-0.25, -0.2) is 0 Å². The Morgan fingerprint density at radius 3 is 2.92 bits per heavy atom. The van der Waals surface area contributed by atoms with Crippen LogP contribution in [0.4, 0.5) is 0 Å². The average Bonchev–Trinajstić information content (AvgIpc) is 2.47. The highest BCUT2D eigenvalue weighted by molar-refractivity contribution is 9.11. The lowest BCUT2D eigenvalue weighted by Crippen LogP contribution is -2.24. The molecule has 0 radical (unpaired) electrons.